The number of hydrazine groups is 1. The summed E-state index contributed by atoms with van der Waals surface area (Å²) in [6, 6.07) is 0.376. The van der Waals surface area contributed by atoms with Crippen LogP contribution in [0.2, 0.25) is 0 Å². The Kier molecular flexibility index (Phi) is 7.52. The minimum atomic E-state index is -2.69. The lowest BCUT2D eigenvalue weighted by Gasteiger charge is -2.40. The number of allylic oxidation sites excluding steroid dienone is 2. The number of fused-ring (bicyclic) bond motifs is 1. The number of nitrogens with zero attached hydrogens (tertiary/aromatic N) is 1. The summed E-state index contributed by atoms with van der Waals surface area (Å²) in [4.78, 5) is 0.727. The van der Waals surface area contributed by atoms with Crippen molar-refractivity contribution in [3.63, 3.8) is 0 Å². The Bertz CT molecular complexity index is 707. The van der Waals surface area contributed by atoms with E-state index in [4.69, 9.17) is 16.3 Å². The Morgan fingerprint density at radius 3 is 2.84 bits per heavy atom. The summed E-state index contributed by atoms with van der Waals surface area (Å²) in [7, 11) is 1.69. The van der Waals surface area contributed by atoms with Crippen LogP contribution >= 0.6 is 11.6 Å². The second-order valence-corrected chi connectivity index (χ2v) is 11.0. The summed E-state index contributed by atoms with van der Waals surface area (Å²) in [5.74, 6) is -2.12. The van der Waals surface area contributed by atoms with E-state index in [0.29, 0.717) is 12.8 Å². The zero-order valence-corrected chi connectivity index (χ0v) is 19.7. The maximum atomic E-state index is 13.6. The van der Waals surface area contributed by atoms with E-state index < -0.39 is 23.2 Å². The van der Waals surface area contributed by atoms with Crippen molar-refractivity contribution < 1.29 is 18.1 Å². The van der Waals surface area contributed by atoms with E-state index >= 15 is 0 Å². The molecule has 4 aliphatic rings. The third-order valence-corrected chi connectivity index (χ3v) is 8.90. The first-order valence-electron chi connectivity index (χ1n) is 11.1. The number of alkyl halides is 3. The van der Waals surface area contributed by atoms with Gasteiger partial charge in [0.05, 0.1) is 30.4 Å². The van der Waals surface area contributed by atoms with Gasteiger partial charge in [0.15, 0.2) is 0 Å². The molecule has 3 N–H and O–H groups in total. The number of nitrogens with one attached hydrogen (secondary N) is 3. The molecule has 0 spiro atoms. The molecular weight excluding hydrogens is 446 g/mol. The molecule has 4 rings (SSSR count). The number of rotatable bonds is 6. The summed E-state index contributed by atoms with van der Waals surface area (Å²) >= 11 is 5.27. The highest BCUT2D eigenvalue weighted by molar-refractivity contribution is 7.93. The largest absolute Gasteiger partial charge is 0.593 e. The predicted octanol–water partition coefficient (Wildman–Crippen LogP) is 3.00. The maximum absolute atomic E-state index is 13.6. The van der Waals surface area contributed by atoms with Crippen molar-refractivity contribution in [2.45, 2.75) is 75.0 Å². The topological polar surface area (TPSA) is 71.6 Å². The van der Waals surface area contributed by atoms with Gasteiger partial charge >= 0.3 is 0 Å². The molecule has 0 radical (unpaired) electrons. The number of ether oxygens (including phenoxy) is 1. The van der Waals surface area contributed by atoms with Crippen molar-refractivity contribution in [2.24, 2.45) is 11.8 Å². The molecule has 7 atom stereocenters. The average Bonchev–Trinajstić information content (AvgIpc) is 3.22. The molecule has 2 saturated heterocycles. The van der Waals surface area contributed by atoms with Crippen LogP contribution in [0.5, 0.6) is 0 Å². The zero-order valence-electron chi connectivity index (χ0n) is 18.1. The van der Waals surface area contributed by atoms with Crippen LogP contribution in [0.4, 0.5) is 8.78 Å². The molecule has 2 fully saturated rings. The summed E-state index contributed by atoms with van der Waals surface area (Å²) in [6.07, 6.45) is 7.43. The fourth-order valence-corrected chi connectivity index (χ4v) is 6.68. The van der Waals surface area contributed by atoms with Crippen LogP contribution in [0.15, 0.2) is 22.8 Å². The molecular formula is C21H33ClF2N4O2S. The van der Waals surface area contributed by atoms with Crippen molar-refractivity contribution in [3.8, 4) is 0 Å². The van der Waals surface area contributed by atoms with Gasteiger partial charge in [-0.2, -0.15) is 0 Å². The lowest BCUT2D eigenvalue weighted by molar-refractivity contribution is -0.0428. The number of hydrogen-bond acceptors (Lipinski definition) is 6. The van der Waals surface area contributed by atoms with Crippen molar-refractivity contribution in [2.75, 3.05) is 20.2 Å². The maximum Gasteiger partial charge on any atom is 0.248 e. The minimum absolute atomic E-state index is 0.0350. The van der Waals surface area contributed by atoms with Crippen molar-refractivity contribution in [1.82, 2.24) is 20.5 Å². The number of hydrogen-bond donors (Lipinski definition) is 3. The van der Waals surface area contributed by atoms with Gasteiger partial charge in [0.25, 0.3) is 0 Å². The highest BCUT2D eigenvalue weighted by Gasteiger charge is 2.47. The van der Waals surface area contributed by atoms with Gasteiger partial charge in [-0.25, -0.2) is 19.2 Å². The van der Waals surface area contributed by atoms with Crippen LogP contribution in [0, 0.1) is 11.8 Å². The first kappa shape index (κ1) is 23.7. The second-order valence-electron chi connectivity index (χ2n) is 9.17. The molecule has 6 nitrogen and oxygen atoms in total. The molecule has 0 aromatic heterocycles. The molecule has 0 bridgehead atoms. The van der Waals surface area contributed by atoms with Gasteiger partial charge in [-0.3, -0.25) is 0 Å². The van der Waals surface area contributed by atoms with Gasteiger partial charge in [-0.1, -0.05) is 0 Å². The van der Waals surface area contributed by atoms with Crippen molar-refractivity contribution >= 4 is 23.0 Å². The van der Waals surface area contributed by atoms with E-state index in [2.05, 4.69) is 26.5 Å². The Labute approximate surface area is 191 Å². The second kappa shape index (κ2) is 9.83. The third kappa shape index (κ3) is 5.39. The van der Waals surface area contributed by atoms with Crippen LogP contribution in [-0.4, -0.2) is 59.3 Å². The van der Waals surface area contributed by atoms with Gasteiger partial charge in [0, 0.05) is 36.9 Å². The van der Waals surface area contributed by atoms with Crippen molar-refractivity contribution in [3.05, 3.63) is 22.8 Å². The smallest absolute Gasteiger partial charge is 0.248 e. The Morgan fingerprint density at radius 2 is 2.16 bits per heavy atom. The normalized spacial score (nSPS) is 38.3. The minimum Gasteiger partial charge on any atom is -0.593 e. The highest BCUT2D eigenvalue weighted by Crippen LogP contribution is 2.38. The van der Waals surface area contributed by atoms with E-state index in [1.165, 1.54) is 0 Å². The number of halogens is 3. The first-order chi connectivity index (χ1) is 14.8. The molecule has 0 amide bonds. The van der Waals surface area contributed by atoms with Crippen LogP contribution in [-0.2, 0) is 16.1 Å². The van der Waals surface area contributed by atoms with Crippen LogP contribution < -0.4 is 15.5 Å². The van der Waals surface area contributed by atoms with E-state index in [1.807, 2.05) is 0 Å². The Morgan fingerprint density at radius 1 is 1.35 bits per heavy atom. The SMILES string of the molecule is COC1=CC(C2CC3C(Cl)CCC(N[S+]([O-])C4=CCC(C(C)(F)F)CC4)N3N2)CNC1. The van der Waals surface area contributed by atoms with E-state index in [0.717, 1.165) is 49.9 Å². The van der Waals surface area contributed by atoms with Gasteiger partial charge < -0.3 is 14.6 Å². The summed E-state index contributed by atoms with van der Waals surface area (Å²) in [5, 5.41) is 5.57. The molecule has 0 saturated carbocycles. The molecule has 176 valence electrons. The summed E-state index contributed by atoms with van der Waals surface area (Å²) in [6.45, 7) is 2.59. The fraction of sp³-hybridized carbons (Fsp3) is 0.810. The molecule has 10 heteroatoms. The van der Waals surface area contributed by atoms with Crippen molar-refractivity contribution in [1.29, 1.82) is 0 Å². The van der Waals surface area contributed by atoms with E-state index in [9.17, 15) is 13.3 Å². The van der Waals surface area contributed by atoms with Gasteiger partial charge in [-0.05, 0) is 51.2 Å². The van der Waals surface area contributed by atoms with Crippen LogP contribution in [0.25, 0.3) is 0 Å². The fourth-order valence-electron chi connectivity index (χ4n) is 5.15. The summed E-state index contributed by atoms with van der Waals surface area (Å²) in [5.41, 5.74) is 3.62. The monoisotopic (exact) mass is 478 g/mol. The Hall–Kier alpha value is -0.420. The van der Waals surface area contributed by atoms with E-state index in [1.54, 1.807) is 13.2 Å². The van der Waals surface area contributed by atoms with Crippen LogP contribution in [0.1, 0.15) is 45.4 Å². The third-order valence-electron chi connectivity index (χ3n) is 7.06. The van der Waals surface area contributed by atoms with Crippen LogP contribution in [0.3, 0.4) is 0 Å². The average molecular weight is 479 g/mol. The Balaban J connectivity index is 1.39. The molecule has 31 heavy (non-hydrogen) atoms. The van der Waals surface area contributed by atoms with Gasteiger partial charge in [-0.15, -0.1) is 16.3 Å². The van der Waals surface area contributed by atoms with E-state index in [-0.39, 0.29) is 36.0 Å². The lowest BCUT2D eigenvalue weighted by Crippen LogP contribution is -2.60. The molecule has 0 aromatic carbocycles. The predicted molar refractivity (Wildman–Crippen MR) is 119 cm³/mol. The number of methoxy groups -OCH3 is 1. The molecule has 3 heterocycles. The lowest BCUT2D eigenvalue weighted by atomic mass is 9.89. The highest BCUT2D eigenvalue weighted by atomic mass is 35.5. The quantitative estimate of drug-likeness (QED) is 0.402. The summed E-state index contributed by atoms with van der Waals surface area (Å²) < 4.78 is 48.8. The first-order valence-corrected chi connectivity index (χ1v) is 12.7. The zero-order chi connectivity index (χ0) is 22.2. The molecule has 1 aliphatic carbocycles. The van der Waals surface area contributed by atoms with Gasteiger partial charge in [0.2, 0.25) is 5.92 Å². The van der Waals surface area contributed by atoms with Gasteiger partial charge in [0.1, 0.15) is 16.8 Å². The number of piperidine rings is 1. The molecule has 3 aliphatic heterocycles. The standard InChI is InChI=1S/C21H33ClF2N4O2S/c1-21(23,24)14-3-5-16(6-4-14)31(29)27-20-8-7-17(22)19-10-18(26-28(19)20)13-9-15(30-2)12-25-11-13/h5,9,13-14,17-20,25-27H,3-4,6-8,10-12H2,1-2H3. The molecule has 0 aromatic rings. The molecule has 7 unspecified atom stereocenters.